The number of hydrogen-bond donors (Lipinski definition) is 0. The molecule has 0 spiro atoms. The third kappa shape index (κ3) is 9.93. The molecule has 0 saturated carbocycles. The number of hydrogen-bond acceptors (Lipinski definition) is 4. The number of fused-ring (bicyclic) bond motifs is 1. The van der Waals surface area contributed by atoms with Crippen molar-refractivity contribution in [2.24, 2.45) is 4.99 Å². The molecule has 0 aliphatic carbocycles. The first kappa shape index (κ1) is 27.1. The molecule has 1 aromatic heterocycles. The van der Waals surface area contributed by atoms with Crippen molar-refractivity contribution in [2.45, 2.75) is 90.5 Å². The predicted molar refractivity (Wildman–Crippen MR) is 148 cm³/mol. The SMILES string of the molecule is CCCCCCCCCCCCCCOC(=O)C[n+]1c(N=Cc2ccccc2)sc2ccccc21. The van der Waals surface area contributed by atoms with Gasteiger partial charge in [-0.2, -0.15) is 0 Å². The van der Waals surface area contributed by atoms with Gasteiger partial charge in [0, 0.05) is 5.56 Å². The Morgan fingerprint density at radius 1 is 0.829 bits per heavy atom. The molecule has 188 valence electrons. The third-order valence-electron chi connectivity index (χ3n) is 6.26. The van der Waals surface area contributed by atoms with Gasteiger partial charge in [0.05, 0.1) is 11.3 Å². The molecular formula is C30H41N2O2S+. The molecule has 35 heavy (non-hydrogen) atoms. The minimum atomic E-state index is -0.196. The first-order chi connectivity index (χ1) is 17.3. The Bertz CT molecular complexity index is 1030. The Labute approximate surface area is 215 Å². The van der Waals surface area contributed by atoms with Crippen LogP contribution in [-0.4, -0.2) is 18.8 Å². The molecule has 0 unspecified atom stereocenters. The van der Waals surface area contributed by atoms with Gasteiger partial charge in [-0.05, 0) is 34.9 Å². The Balaban J connectivity index is 1.36. The Morgan fingerprint density at radius 3 is 2.11 bits per heavy atom. The van der Waals surface area contributed by atoms with E-state index >= 15 is 0 Å². The summed E-state index contributed by atoms with van der Waals surface area (Å²) in [6.45, 7) is 2.95. The van der Waals surface area contributed by atoms with Crippen LogP contribution in [-0.2, 0) is 16.1 Å². The maximum atomic E-state index is 12.6. The van der Waals surface area contributed by atoms with Crippen LogP contribution in [0.3, 0.4) is 0 Å². The number of aliphatic imine (C=N–C) groups is 1. The number of para-hydroxylation sites is 1. The van der Waals surface area contributed by atoms with Crippen LogP contribution in [0, 0.1) is 0 Å². The van der Waals surface area contributed by atoms with E-state index in [4.69, 9.17) is 4.74 Å². The summed E-state index contributed by atoms with van der Waals surface area (Å²) < 4.78 is 8.64. The van der Waals surface area contributed by atoms with Crippen LogP contribution in [0.25, 0.3) is 10.2 Å². The Morgan fingerprint density at radius 2 is 1.43 bits per heavy atom. The summed E-state index contributed by atoms with van der Waals surface area (Å²) in [6.07, 6.45) is 17.4. The van der Waals surface area contributed by atoms with Crippen LogP contribution in [0.4, 0.5) is 5.13 Å². The molecule has 0 aliphatic heterocycles. The summed E-state index contributed by atoms with van der Waals surface area (Å²) in [6, 6.07) is 18.1. The molecule has 0 bridgehead atoms. The second-order valence-corrected chi connectivity index (χ2v) is 10.2. The van der Waals surface area contributed by atoms with Gasteiger partial charge in [0.25, 0.3) is 0 Å². The predicted octanol–water partition coefficient (Wildman–Crippen LogP) is 8.18. The van der Waals surface area contributed by atoms with Gasteiger partial charge in [-0.3, -0.25) is 0 Å². The van der Waals surface area contributed by atoms with Crippen molar-refractivity contribution in [3.8, 4) is 0 Å². The lowest BCUT2D eigenvalue weighted by Gasteiger charge is -2.05. The van der Waals surface area contributed by atoms with E-state index < -0.39 is 0 Å². The van der Waals surface area contributed by atoms with Gasteiger partial charge in [-0.1, -0.05) is 120 Å². The zero-order valence-electron chi connectivity index (χ0n) is 21.3. The Kier molecular flexibility index (Phi) is 12.5. The fraction of sp³-hybridized carbons (Fsp3) is 0.500. The van der Waals surface area contributed by atoms with E-state index in [0.29, 0.717) is 6.61 Å². The van der Waals surface area contributed by atoms with Gasteiger partial charge in [0.2, 0.25) is 0 Å². The van der Waals surface area contributed by atoms with E-state index in [1.807, 2.05) is 59.3 Å². The highest BCUT2D eigenvalue weighted by molar-refractivity contribution is 7.21. The second-order valence-electron chi connectivity index (χ2n) is 9.22. The van der Waals surface area contributed by atoms with E-state index in [1.165, 1.54) is 64.2 Å². The molecule has 0 amide bonds. The fourth-order valence-electron chi connectivity index (χ4n) is 4.24. The van der Waals surface area contributed by atoms with Gasteiger partial charge < -0.3 is 4.74 Å². The number of rotatable bonds is 17. The maximum Gasteiger partial charge on any atom is 0.383 e. The number of esters is 1. The van der Waals surface area contributed by atoms with Crippen LogP contribution in [0.2, 0.25) is 0 Å². The van der Waals surface area contributed by atoms with Gasteiger partial charge in [0.1, 0.15) is 11.7 Å². The van der Waals surface area contributed by atoms with E-state index in [1.54, 1.807) is 11.3 Å². The minimum Gasteiger partial charge on any atom is -0.463 e. The lowest BCUT2D eigenvalue weighted by atomic mass is 10.1. The molecule has 1 heterocycles. The lowest BCUT2D eigenvalue weighted by Crippen LogP contribution is -2.37. The monoisotopic (exact) mass is 493 g/mol. The molecule has 0 N–H and O–H groups in total. The highest BCUT2D eigenvalue weighted by atomic mass is 32.1. The lowest BCUT2D eigenvalue weighted by molar-refractivity contribution is -0.643. The topological polar surface area (TPSA) is 42.5 Å². The standard InChI is InChI=1S/C30H41N2O2S/c1-2-3-4-5-6-7-8-9-10-11-12-18-23-34-29(33)25-32-27-21-16-17-22-28(27)35-30(32)31-24-26-19-14-13-15-20-26/h13-17,19-22,24H,2-12,18,23,25H2,1H3/q+1. The summed E-state index contributed by atoms with van der Waals surface area (Å²) >= 11 is 1.59. The van der Waals surface area contributed by atoms with E-state index in [2.05, 4.69) is 18.0 Å². The van der Waals surface area contributed by atoms with Crippen LogP contribution in [0.15, 0.2) is 59.6 Å². The number of benzene rings is 2. The molecule has 2 aromatic carbocycles. The smallest absolute Gasteiger partial charge is 0.383 e. The average Bonchev–Trinajstić information content (AvgIpc) is 3.23. The van der Waals surface area contributed by atoms with Crippen LogP contribution in [0.5, 0.6) is 0 Å². The number of carbonyl (C=O) groups is 1. The summed E-state index contributed by atoms with van der Waals surface area (Å²) in [5, 5.41) is 0.803. The second kappa shape index (κ2) is 16.2. The van der Waals surface area contributed by atoms with Gasteiger partial charge in [-0.15, -0.1) is 0 Å². The summed E-state index contributed by atoms with van der Waals surface area (Å²) in [7, 11) is 0. The summed E-state index contributed by atoms with van der Waals surface area (Å²) in [5.41, 5.74) is 2.05. The van der Waals surface area contributed by atoms with Crippen molar-refractivity contribution in [2.75, 3.05) is 6.61 Å². The molecule has 0 radical (unpaired) electrons. The van der Waals surface area contributed by atoms with E-state index in [9.17, 15) is 4.79 Å². The molecular weight excluding hydrogens is 452 g/mol. The van der Waals surface area contributed by atoms with Gasteiger partial charge >= 0.3 is 11.1 Å². The van der Waals surface area contributed by atoms with Crippen LogP contribution < -0.4 is 4.57 Å². The molecule has 0 aliphatic rings. The number of thiazole rings is 1. The molecule has 0 saturated heterocycles. The normalized spacial score (nSPS) is 11.5. The van der Waals surface area contributed by atoms with Crippen molar-refractivity contribution in [1.82, 2.24) is 0 Å². The molecule has 3 rings (SSSR count). The number of nitrogens with zero attached hydrogens (tertiary/aromatic N) is 2. The van der Waals surface area contributed by atoms with E-state index in [0.717, 1.165) is 33.8 Å². The first-order valence-corrected chi connectivity index (χ1v) is 14.3. The van der Waals surface area contributed by atoms with Gasteiger partial charge in [0.15, 0.2) is 6.54 Å². The first-order valence-electron chi connectivity index (χ1n) is 13.4. The van der Waals surface area contributed by atoms with Crippen molar-refractivity contribution in [3.63, 3.8) is 0 Å². The van der Waals surface area contributed by atoms with Crippen LogP contribution in [0.1, 0.15) is 89.5 Å². The highest BCUT2D eigenvalue weighted by Gasteiger charge is 2.21. The number of carbonyl (C=O) groups excluding carboxylic acids is 1. The summed E-state index contributed by atoms with van der Waals surface area (Å²) in [5.74, 6) is -0.196. The van der Waals surface area contributed by atoms with Crippen molar-refractivity contribution >= 4 is 38.9 Å². The zero-order valence-corrected chi connectivity index (χ0v) is 22.1. The zero-order chi connectivity index (χ0) is 24.6. The largest absolute Gasteiger partial charge is 0.463 e. The molecule has 0 fully saturated rings. The maximum absolute atomic E-state index is 12.6. The Hall–Kier alpha value is -2.53. The molecule has 4 nitrogen and oxygen atoms in total. The molecule has 0 atom stereocenters. The minimum absolute atomic E-state index is 0.184. The summed E-state index contributed by atoms with van der Waals surface area (Å²) in [4.78, 5) is 17.3. The van der Waals surface area contributed by atoms with Crippen molar-refractivity contribution < 1.29 is 14.1 Å². The highest BCUT2D eigenvalue weighted by Crippen LogP contribution is 2.26. The van der Waals surface area contributed by atoms with Crippen molar-refractivity contribution in [1.29, 1.82) is 0 Å². The number of aromatic nitrogens is 1. The van der Waals surface area contributed by atoms with Crippen molar-refractivity contribution in [3.05, 3.63) is 60.2 Å². The number of ether oxygens (including phenoxy) is 1. The van der Waals surface area contributed by atoms with E-state index in [-0.39, 0.29) is 12.5 Å². The molecule has 3 aromatic rings. The fourth-order valence-corrected chi connectivity index (χ4v) is 5.25. The van der Waals surface area contributed by atoms with Gasteiger partial charge in [-0.25, -0.2) is 9.36 Å². The van der Waals surface area contributed by atoms with Crippen LogP contribution >= 0.6 is 11.3 Å². The average molecular weight is 494 g/mol. The number of unbranched alkanes of at least 4 members (excludes halogenated alkanes) is 11. The quantitative estimate of drug-likeness (QED) is 0.0823. The molecule has 5 heteroatoms. The third-order valence-corrected chi connectivity index (χ3v) is 7.33.